The van der Waals surface area contributed by atoms with Crippen LogP contribution in [0, 0.1) is 11.3 Å². The molecule has 2 aliphatic rings. The molecule has 1 fully saturated rings. The van der Waals surface area contributed by atoms with Gasteiger partial charge in [-0.15, -0.1) is 11.3 Å². The van der Waals surface area contributed by atoms with E-state index < -0.39 is 0 Å². The molecule has 1 aliphatic carbocycles. The van der Waals surface area contributed by atoms with E-state index in [1.165, 1.54) is 11.3 Å². The lowest BCUT2D eigenvalue weighted by Gasteiger charge is -2.26. The number of aryl methyl sites for hydroxylation is 1. The number of fused-ring (bicyclic) bond motifs is 1. The molecule has 0 spiro atoms. The first-order chi connectivity index (χ1) is 18.8. The second kappa shape index (κ2) is 14.4. The van der Waals surface area contributed by atoms with Gasteiger partial charge >= 0.3 is 0 Å². The summed E-state index contributed by atoms with van der Waals surface area (Å²) in [7, 11) is 0. The van der Waals surface area contributed by atoms with Crippen LogP contribution in [0.15, 0.2) is 23.5 Å². The SMILES string of the molecule is CC.CCC/C(C(=O)c1ccnc(N2CCCN(C[C@@H](C)O)CC2)n1)=C(/N)[C@H]1CCCc2sc(N)c(C#N)c21. The van der Waals surface area contributed by atoms with E-state index in [1.54, 1.807) is 19.2 Å². The van der Waals surface area contributed by atoms with E-state index >= 15 is 0 Å². The molecule has 212 valence electrons. The first-order valence-electron chi connectivity index (χ1n) is 14.2. The van der Waals surface area contributed by atoms with E-state index in [0.717, 1.165) is 68.7 Å². The van der Waals surface area contributed by atoms with E-state index in [9.17, 15) is 15.2 Å². The molecular formula is C29H43N7O2S. The average molecular weight is 554 g/mol. The molecule has 0 aromatic carbocycles. The van der Waals surface area contributed by atoms with Crippen LogP contribution >= 0.6 is 11.3 Å². The minimum Gasteiger partial charge on any atom is -0.401 e. The number of β-amino-alcohol motifs (C(OH)–C–C–N with tert-alkyl or cyclic N) is 1. The average Bonchev–Trinajstić information content (AvgIpc) is 3.10. The Morgan fingerprint density at radius 1 is 1.28 bits per heavy atom. The largest absolute Gasteiger partial charge is 0.401 e. The van der Waals surface area contributed by atoms with Gasteiger partial charge in [0, 0.05) is 54.4 Å². The summed E-state index contributed by atoms with van der Waals surface area (Å²) in [5.74, 6) is 0.170. The molecule has 1 aliphatic heterocycles. The highest BCUT2D eigenvalue weighted by Gasteiger charge is 2.32. The van der Waals surface area contributed by atoms with Gasteiger partial charge in [0.1, 0.15) is 16.8 Å². The minimum absolute atomic E-state index is 0.178. The molecule has 39 heavy (non-hydrogen) atoms. The lowest BCUT2D eigenvalue weighted by molar-refractivity contribution is 0.102. The van der Waals surface area contributed by atoms with Gasteiger partial charge in [-0.1, -0.05) is 27.2 Å². The monoisotopic (exact) mass is 553 g/mol. The number of carbonyl (C=O) groups is 1. The molecule has 3 heterocycles. The number of Topliss-reactive ketones (excluding diaryl/α,β-unsaturated/α-hetero) is 1. The smallest absolute Gasteiger partial charge is 0.226 e. The van der Waals surface area contributed by atoms with Gasteiger partial charge in [-0.25, -0.2) is 9.97 Å². The van der Waals surface area contributed by atoms with E-state index in [2.05, 4.69) is 25.8 Å². The highest BCUT2D eigenvalue weighted by atomic mass is 32.1. The summed E-state index contributed by atoms with van der Waals surface area (Å²) in [5, 5.41) is 20.0. The Morgan fingerprint density at radius 3 is 2.74 bits per heavy atom. The predicted octanol–water partition coefficient (Wildman–Crippen LogP) is 4.23. The Hall–Kier alpha value is -3.00. The summed E-state index contributed by atoms with van der Waals surface area (Å²) in [6.45, 7) is 11.7. The van der Waals surface area contributed by atoms with Crippen molar-refractivity contribution in [3.63, 3.8) is 0 Å². The van der Waals surface area contributed by atoms with E-state index in [0.29, 0.717) is 46.4 Å². The molecule has 10 heteroatoms. The number of ketones is 1. The van der Waals surface area contributed by atoms with Crippen LogP contribution in [0.4, 0.5) is 10.9 Å². The summed E-state index contributed by atoms with van der Waals surface area (Å²) in [5.41, 5.74) is 15.7. The molecule has 2 aromatic heterocycles. The predicted molar refractivity (Wildman–Crippen MR) is 158 cm³/mol. The van der Waals surface area contributed by atoms with Crippen molar-refractivity contribution in [1.29, 1.82) is 5.26 Å². The molecule has 0 bridgehead atoms. The lowest BCUT2D eigenvalue weighted by atomic mass is 9.80. The lowest BCUT2D eigenvalue weighted by Crippen LogP contribution is -2.35. The third kappa shape index (κ3) is 7.15. The van der Waals surface area contributed by atoms with Crippen LogP contribution in [0.5, 0.6) is 0 Å². The number of allylic oxidation sites excluding steroid dienone is 2. The van der Waals surface area contributed by atoms with Crippen LogP contribution in [-0.2, 0) is 6.42 Å². The van der Waals surface area contributed by atoms with E-state index in [1.807, 2.05) is 20.8 Å². The van der Waals surface area contributed by atoms with Crippen LogP contribution in [0.1, 0.15) is 92.2 Å². The maximum atomic E-state index is 13.8. The molecule has 1 saturated heterocycles. The summed E-state index contributed by atoms with van der Waals surface area (Å²) in [6, 6.07) is 3.92. The summed E-state index contributed by atoms with van der Waals surface area (Å²) >= 11 is 1.46. The molecule has 2 atom stereocenters. The topological polar surface area (TPSA) is 145 Å². The fourth-order valence-corrected chi connectivity index (χ4v) is 6.58. The molecule has 4 rings (SSSR count). The zero-order chi connectivity index (χ0) is 28.5. The van der Waals surface area contributed by atoms with E-state index in [4.69, 9.17) is 11.5 Å². The second-order valence-corrected chi connectivity index (χ2v) is 11.1. The summed E-state index contributed by atoms with van der Waals surface area (Å²) < 4.78 is 0. The van der Waals surface area contributed by atoms with Crippen LogP contribution in [0.3, 0.4) is 0 Å². The number of hydrogen-bond acceptors (Lipinski definition) is 10. The maximum Gasteiger partial charge on any atom is 0.226 e. The van der Waals surface area contributed by atoms with Gasteiger partial charge in [0.05, 0.1) is 11.7 Å². The molecule has 2 aromatic rings. The number of hydrogen-bond donors (Lipinski definition) is 3. The van der Waals surface area contributed by atoms with Crippen molar-refractivity contribution in [2.45, 2.75) is 78.2 Å². The molecule has 9 nitrogen and oxygen atoms in total. The normalized spacial score (nSPS) is 19.1. The van der Waals surface area contributed by atoms with Crippen LogP contribution < -0.4 is 16.4 Å². The number of carbonyl (C=O) groups excluding carboxylic acids is 1. The second-order valence-electron chi connectivity index (χ2n) is 9.98. The van der Waals surface area contributed by atoms with Crippen molar-refractivity contribution < 1.29 is 9.90 Å². The number of nitrogen functional groups attached to an aromatic ring is 1. The quantitative estimate of drug-likeness (QED) is 0.323. The minimum atomic E-state index is -0.368. The Bertz CT molecular complexity index is 1200. The number of nitrogens with two attached hydrogens (primary N) is 2. The highest BCUT2D eigenvalue weighted by Crippen LogP contribution is 2.45. The highest BCUT2D eigenvalue weighted by molar-refractivity contribution is 7.16. The van der Waals surface area contributed by atoms with Gasteiger partial charge in [-0.3, -0.25) is 9.69 Å². The molecule has 0 saturated carbocycles. The third-order valence-corrected chi connectivity index (χ3v) is 8.27. The fraction of sp³-hybridized carbons (Fsp3) is 0.586. The first-order valence-corrected chi connectivity index (χ1v) is 15.0. The van der Waals surface area contributed by atoms with Crippen LogP contribution in [0.2, 0.25) is 0 Å². The third-order valence-electron chi connectivity index (χ3n) is 7.17. The first kappa shape index (κ1) is 30.5. The number of aliphatic hydroxyl groups is 1. The van der Waals surface area contributed by atoms with E-state index in [-0.39, 0.29) is 17.8 Å². The zero-order valence-electron chi connectivity index (χ0n) is 23.7. The standard InChI is InChI=1S/C27H37N7O2S.C2H6/c1-3-6-19(24(29)18-7-4-8-22-23(18)20(15-28)26(30)37-22)25(36)21-9-10-31-27(32-21)34-12-5-11-33(13-14-34)16-17(2)35;1-2/h9-10,17-18,35H,3-8,11-14,16,29-30H2,1-2H3;1-2H3/b24-19-;/t17-,18+;/m1./s1. The van der Waals surface area contributed by atoms with Crippen molar-refractivity contribution >= 4 is 28.1 Å². The molecular weight excluding hydrogens is 510 g/mol. The van der Waals surface area contributed by atoms with Gasteiger partial charge in [0.15, 0.2) is 0 Å². The Morgan fingerprint density at radius 2 is 2.05 bits per heavy atom. The molecule has 0 amide bonds. The van der Waals surface area contributed by atoms with Gasteiger partial charge in [0.25, 0.3) is 0 Å². The summed E-state index contributed by atoms with van der Waals surface area (Å²) in [6.07, 6.45) is 6.11. The molecule has 5 N–H and O–H groups in total. The zero-order valence-corrected chi connectivity index (χ0v) is 24.6. The number of nitrogens with zero attached hydrogens (tertiary/aromatic N) is 5. The number of nitriles is 1. The number of aliphatic hydroxyl groups excluding tert-OH is 1. The van der Waals surface area contributed by atoms with Gasteiger partial charge < -0.3 is 21.5 Å². The Balaban J connectivity index is 0.00000205. The number of thiophene rings is 1. The van der Waals surface area contributed by atoms with Gasteiger partial charge in [0.2, 0.25) is 11.7 Å². The van der Waals surface area contributed by atoms with Crippen molar-refractivity contribution in [3.8, 4) is 6.07 Å². The van der Waals surface area contributed by atoms with Crippen LogP contribution in [0.25, 0.3) is 0 Å². The number of anilines is 2. The maximum absolute atomic E-state index is 13.8. The van der Waals surface area contributed by atoms with Crippen molar-refractivity contribution in [2.75, 3.05) is 43.4 Å². The number of rotatable bonds is 8. The molecule has 0 unspecified atom stereocenters. The van der Waals surface area contributed by atoms with Crippen LogP contribution in [-0.4, -0.2) is 64.6 Å². The van der Waals surface area contributed by atoms with Gasteiger partial charge in [-0.05, 0) is 57.2 Å². The van der Waals surface area contributed by atoms with Crippen molar-refractivity contribution in [2.24, 2.45) is 5.73 Å². The van der Waals surface area contributed by atoms with Gasteiger partial charge in [-0.2, -0.15) is 5.26 Å². The summed E-state index contributed by atoms with van der Waals surface area (Å²) in [4.78, 5) is 28.4. The Kier molecular flexibility index (Phi) is 11.3. The Labute approximate surface area is 236 Å². The van der Waals surface area contributed by atoms with Crippen molar-refractivity contribution in [1.82, 2.24) is 14.9 Å². The number of aromatic nitrogens is 2. The van der Waals surface area contributed by atoms with Crippen molar-refractivity contribution in [3.05, 3.63) is 45.2 Å². The fourth-order valence-electron chi connectivity index (χ4n) is 5.46. The molecule has 0 radical (unpaired) electrons.